The molecule has 3 aromatic rings. The highest BCUT2D eigenvalue weighted by Crippen LogP contribution is 2.28. The van der Waals surface area contributed by atoms with E-state index in [4.69, 9.17) is 0 Å². The van der Waals surface area contributed by atoms with E-state index in [1.54, 1.807) is 0 Å². The van der Waals surface area contributed by atoms with Gasteiger partial charge in [-0.25, -0.2) is 9.97 Å². The second kappa shape index (κ2) is 9.73. The van der Waals surface area contributed by atoms with Crippen molar-refractivity contribution < 1.29 is 4.79 Å². The van der Waals surface area contributed by atoms with Crippen molar-refractivity contribution in [1.82, 2.24) is 35.2 Å². The minimum absolute atomic E-state index is 0.217. The number of aromatic amines is 1. The Morgan fingerprint density at radius 3 is 2.54 bits per heavy atom. The number of nitrogens with zero attached hydrogens (tertiary/aromatic N) is 6. The molecule has 0 spiro atoms. The second-order valence-corrected chi connectivity index (χ2v) is 10.0. The van der Waals surface area contributed by atoms with Gasteiger partial charge in [-0.3, -0.25) is 9.89 Å². The Balaban J connectivity index is 0.944. The maximum atomic E-state index is 12.7. The highest BCUT2D eigenvalue weighted by Gasteiger charge is 2.26. The maximum absolute atomic E-state index is 12.7. The molecule has 1 aromatic carbocycles. The molecule has 182 valence electrons. The van der Waals surface area contributed by atoms with Crippen molar-refractivity contribution in [3.05, 3.63) is 64.7 Å². The number of amides is 1. The molecule has 2 aliphatic heterocycles. The molecular weight excluding hydrogens is 440 g/mol. The lowest BCUT2D eigenvalue weighted by molar-refractivity contribution is -0.132. The third kappa shape index (κ3) is 4.91. The van der Waals surface area contributed by atoms with Crippen molar-refractivity contribution in [3.8, 4) is 0 Å². The summed E-state index contributed by atoms with van der Waals surface area (Å²) in [4.78, 5) is 26.3. The number of rotatable bonds is 6. The van der Waals surface area contributed by atoms with Gasteiger partial charge in [0.05, 0.1) is 17.9 Å². The molecule has 1 fully saturated rings. The predicted octanol–water partition coefficient (Wildman–Crippen LogP) is 2.33. The summed E-state index contributed by atoms with van der Waals surface area (Å²) in [6.45, 7) is 4.17. The minimum atomic E-state index is 0.217. The monoisotopic (exact) mass is 472 g/mol. The second-order valence-electron chi connectivity index (χ2n) is 10.0. The van der Waals surface area contributed by atoms with Crippen molar-refractivity contribution >= 4 is 11.9 Å². The fourth-order valence-corrected chi connectivity index (χ4v) is 5.69. The first-order chi connectivity index (χ1) is 17.2. The van der Waals surface area contributed by atoms with Crippen LogP contribution in [0.2, 0.25) is 0 Å². The summed E-state index contributed by atoms with van der Waals surface area (Å²) in [5.41, 5.74) is 6.04. The van der Waals surface area contributed by atoms with Gasteiger partial charge in [0.2, 0.25) is 11.9 Å². The number of nitrogens with one attached hydrogen (secondary N) is 2. The predicted molar refractivity (Wildman–Crippen MR) is 132 cm³/mol. The lowest BCUT2D eigenvalue weighted by atomic mass is 9.91. The highest BCUT2D eigenvalue weighted by atomic mass is 16.2. The molecule has 1 aliphatic carbocycles. The summed E-state index contributed by atoms with van der Waals surface area (Å²) in [5.74, 6) is 1.42. The van der Waals surface area contributed by atoms with Crippen LogP contribution in [0.1, 0.15) is 53.3 Å². The van der Waals surface area contributed by atoms with Gasteiger partial charge >= 0.3 is 0 Å². The van der Waals surface area contributed by atoms with E-state index < -0.39 is 0 Å². The first-order valence-electron chi connectivity index (χ1n) is 12.8. The van der Waals surface area contributed by atoms with Crippen LogP contribution in [-0.2, 0) is 30.6 Å². The van der Waals surface area contributed by atoms with Crippen LogP contribution in [-0.4, -0.2) is 73.3 Å². The first-order valence-corrected chi connectivity index (χ1v) is 12.8. The number of likely N-dealkylation sites (tertiary alicyclic amines) is 1. The van der Waals surface area contributed by atoms with Crippen molar-refractivity contribution in [3.63, 3.8) is 0 Å². The van der Waals surface area contributed by atoms with Crippen molar-refractivity contribution in [2.24, 2.45) is 0 Å². The van der Waals surface area contributed by atoms with E-state index in [1.807, 2.05) is 17.3 Å². The molecule has 0 bridgehead atoms. The van der Waals surface area contributed by atoms with E-state index in [1.165, 1.54) is 16.7 Å². The van der Waals surface area contributed by atoms with Crippen LogP contribution < -0.4 is 5.32 Å². The van der Waals surface area contributed by atoms with Gasteiger partial charge < -0.3 is 15.1 Å². The molecule has 0 radical (unpaired) electrons. The molecule has 9 nitrogen and oxygen atoms in total. The molecule has 0 unspecified atom stereocenters. The summed E-state index contributed by atoms with van der Waals surface area (Å²) < 4.78 is 0. The number of H-pyrrole nitrogens is 1. The molecule has 9 heteroatoms. The Hall–Kier alpha value is -3.33. The number of fused-ring (bicyclic) bond motifs is 2. The zero-order chi connectivity index (χ0) is 23.6. The number of benzene rings is 1. The number of aromatic nitrogens is 5. The van der Waals surface area contributed by atoms with E-state index in [0.29, 0.717) is 24.9 Å². The van der Waals surface area contributed by atoms with Crippen LogP contribution in [0.25, 0.3) is 0 Å². The SMILES string of the molecule is O=C(CCN1CCC(c2cnc(NC3Cc4ccccc4C3)nc2)CC1)N1CCc2nn[nH]c2C1. The van der Waals surface area contributed by atoms with E-state index in [9.17, 15) is 4.79 Å². The summed E-state index contributed by atoms with van der Waals surface area (Å²) in [7, 11) is 0. The summed E-state index contributed by atoms with van der Waals surface area (Å²) in [6.07, 6.45) is 9.56. The first kappa shape index (κ1) is 22.2. The van der Waals surface area contributed by atoms with Gasteiger partial charge in [0, 0.05) is 44.4 Å². The van der Waals surface area contributed by atoms with Crippen LogP contribution in [0.5, 0.6) is 0 Å². The third-order valence-electron chi connectivity index (χ3n) is 7.78. The number of hydrogen-bond donors (Lipinski definition) is 2. The number of anilines is 1. The summed E-state index contributed by atoms with van der Waals surface area (Å²) >= 11 is 0. The number of carbonyl (C=O) groups excluding carboxylic acids is 1. The zero-order valence-corrected chi connectivity index (χ0v) is 20.0. The molecular formula is C26H32N8O. The van der Waals surface area contributed by atoms with Gasteiger partial charge in [0.1, 0.15) is 0 Å². The molecule has 2 N–H and O–H groups in total. The molecule has 4 heterocycles. The molecule has 1 saturated heterocycles. The van der Waals surface area contributed by atoms with E-state index in [0.717, 1.165) is 75.6 Å². The van der Waals surface area contributed by atoms with Crippen molar-refractivity contribution in [2.45, 2.75) is 57.0 Å². The fourth-order valence-electron chi connectivity index (χ4n) is 5.69. The van der Waals surface area contributed by atoms with Crippen LogP contribution in [0.4, 0.5) is 5.95 Å². The summed E-state index contributed by atoms with van der Waals surface area (Å²) in [5, 5.41) is 14.3. The van der Waals surface area contributed by atoms with Crippen molar-refractivity contribution in [2.75, 3.05) is 31.5 Å². The molecule has 2 aromatic heterocycles. The van der Waals surface area contributed by atoms with Crippen LogP contribution in [0, 0.1) is 0 Å². The normalized spacial score (nSPS) is 18.9. The Bertz CT molecular complexity index is 1140. The molecule has 6 rings (SSSR count). The Labute approximate surface area is 205 Å². The third-order valence-corrected chi connectivity index (χ3v) is 7.78. The molecule has 3 aliphatic rings. The standard InChI is InChI=1S/C26H32N8O/c35-25(34-12-7-23-24(17-34)31-32-30-23)8-11-33-9-5-18(6-10-33)21-15-27-26(28-16-21)29-22-13-19-3-1-2-4-20(19)14-22/h1-4,15-16,18,22H,5-14,17H2,(H,27,28,29)(H,30,31,32). The largest absolute Gasteiger partial charge is 0.351 e. The topological polar surface area (TPSA) is 103 Å². The zero-order valence-electron chi connectivity index (χ0n) is 20.0. The summed E-state index contributed by atoms with van der Waals surface area (Å²) in [6, 6.07) is 9.01. The van der Waals surface area contributed by atoms with Gasteiger partial charge in [-0.2, -0.15) is 0 Å². The average molecular weight is 473 g/mol. The van der Waals surface area contributed by atoms with E-state index in [-0.39, 0.29) is 5.91 Å². The minimum Gasteiger partial charge on any atom is -0.351 e. The van der Waals surface area contributed by atoms with Crippen molar-refractivity contribution in [1.29, 1.82) is 0 Å². The lowest BCUT2D eigenvalue weighted by Gasteiger charge is -2.32. The van der Waals surface area contributed by atoms with Gasteiger partial charge in [-0.05, 0) is 61.4 Å². The smallest absolute Gasteiger partial charge is 0.224 e. The molecule has 35 heavy (non-hydrogen) atoms. The maximum Gasteiger partial charge on any atom is 0.224 e. The number of piperidine rings is 1. The number of hydrogen-bond acceptors (Lipinski definition) is 7. The van der Waals surface area contributed by atoms with Gasteiger partial charge in [0.15, 0.2) is 0 Å². The molecule has 0 atom stereocenters. The molecule has 1 amide bonds. The van der Waals surface area contributed by atoms with Gasteiger partial charge in [0.25, 0.3) is 0 Å². The molecule has 0 saturated carbocycles. The average Bonchev–Trinajstić information content (AvgIpc) is 3.54. The van der Waals surface area contributed by atoms with E-state index >= 15 is 0 Å². The lowest BCUT2D eigenvalue weighted by Crippen LogP contribution is -2.39. The van der Waals surface area contributed by atoms with Crippen LogP contribution in [0.3, 0.4) is 0 Å². The Morgan fingerprint density at radius 2 is 1.80 bits per heavy atom. The fraction of sp³-hybridized carbons (Fsp3) is 0.500. The van der Waals surface area contributed by atoms with E-state index in [2.05, 4.69) is 59.9 Å². The van der Waals surface area contributed by atoms with Crippen LogP contribution >= 0.6 is 0 Å². The Kier molecular flexibility index (Phi) is 6.16. The highest BCUT2D eigenvalue weighted by molar-refractivity contribution is 5.76. The van der Waals surface area contributed by atoms with Gasteiger partial charge in [-0.15, -0.1) is 5.10 Å². The van der Waals surface area contributed by atoms with Crippen LogP contribution in [0.15, 0.2) is 36.7 Å². The van der Waals surface area contributed by atoms with Gasteiger partial charge in [-0.1, -0.05) is 29.5 Å². The number of carbonyl (C=O) groups is 1. The quantitative estimate of drug-likeness (QED) is 0.568. The Morgan fingerprint density at radius 1 is 1.06 bits per heavy atom.